The zero-order valence-corrected chi connectivity index (χ0v) is 11.1. The summed E-state index contributed by atoms with van der Waals surface area (Å²) >= 11 is 1.64. The van der Waals surface area contributed by atoms with Gasteiger partial charge < -0.3 is 0 Å². The molecule has 3 N–H and O–H groups in total. The topological polar surface area (TPSA) is 63.8 Å². The Morgan fingerprint density at radius 2 is 2.05 bits per heavy atom. The van der Waals surface area contributed by atoms with E-state index in [0.29, 0.717) is 0 Å². The molecule has 0 spiro atoms. The average molecular weight is 270 g/mol. The van der Waals surface area contributed by atoms with Crippen LogP contribution in [0.15, 0.2) is 48.1 Å². The van der Waals surface area contributed by atoms with E-state index in [-0.39, 0.29) is 6.04 Å². The van der Waals surface area contributed by atoms with E-state index in [4.69, 9.17) is 5.84 Å². The molecule has 0 aliphatic rings. The van der Waals surface area contributed by atoms with Crippen molar-refractivity contribution in [3.8, 4) is 0 Å². The van der Waals surface area contributed by atoms with Crippen molar-refractivity contribution < 1.29 is 0 Å². The average Bonchev–Trinajstić information content (AvgIpc) is 2.97. The number of nitrogens with zero attached hydrogens (tertiary/aromatic N) is 2. The van der Waals surface area contributed by atoms with E-state index in [1.54, 1.807) is 11.3 Å². The third kappa shape index (κ3) is 2.49. The van der Waals surface area contributed by atoms with Crippen molar-refractivity contribution in [1.82, 2.24) is 15.4 Å². The van der Waals surface area contributed by atoms with E-state index >= 15 is 0 Å². The van der Waals surface area contributed by atoms with Gasteiger partial charge in [-0.05, 0) is 11.6 Å². The van der Waals surface area contributed by atoms with Gasteiger partial charge in [0.05, 0.1) is 16.6 Å². The van der Waals surface area contributed by atoms with Crippen LogP contribution in [0.25, 0.3) is 10.9 Å². The van der Waals surface area contributed by atoms with E-state index in [9.17, 15) is 0 Å². The molecule has 5 heteroatoms. The van der Waals surface area contributed by atoms with E-state index in [0.717, 1.165) is 27.9 Å². The summed E-state index contributed by atoms with van der Waals surface area (Å²) in [6.07, 6.45) is 4.39. The summed E-state index contributed by atoms with van der Waals surface area (Å²) in [4.78, 5) is 8.78. The van der Waals surface area contributed by atoms with Crippen molar-refractivity contribution in [3.05, 3.63) is 58.7 Å². The fraction of sp³-hybridized carbons (Fsp3) is 0.143. The highest BCUT2D eigenvalue weighted by molar-refractivity contribution is 7.09. The van der Waals surface area contributed by atoms with Gasteiger partial charge >= 0.3 is 0 Å². The quantitative estimate of drug-likeness (QED) is 0.564. The maximum absolute atomic E-state index is 5.71. The molecule has 0 bridgehead atoms. The summed E-state index contributed by atoms with van der Waals surface area (Å²) in [7, 11) is 0. The Hall–Kier alpha value is -1.82. The second-order valence-electron chi connectivity index (χ2n) is 4.27. The minimum absolute atomic E-state index is 0.0183. The van der Waals surface area contributed by atoms with Crippen LogP contribution in [0.2, 0.25) is 0 Å². The van der Waals surface area contributed by atoms with Crippen LogP contribution >= 0.6 is 11.3 Å². The molecule has 0 radical (unpaired) electrons. The number of aromatic nitrogens is 2. The number of hydrogen-bond donors (Lipinski definition) is 2. The van der Waals surface area contributed by atoms with Crippen LogP contribution in [-0.4, -0.2) is 9.97 Å². The minimum Gasteiger partial charge on any atom is -0.271 e. The third-order valence-corrected chi connectivity index (χ3v) is 3.90. The number of nitrogens with two attached hydrogens (primary N) is 1. The largest absolute Gasteiger partial charge is 0.271 e. The lowest BCUT2D eigenvalue weighted by molar-refractivity contribution is 0.553. The molecule has 0 amide bonds. The van der Waals surface area contributed by atoms with Gasteiger partial charge in [-0.15, -0.1) is 11.3 Å². The fourth-order valence-electron chi connectivity index (χ4n) is 2.20. The predicted molar refractivity (Wildman–Crippen MR) is 77.6 cm³/mol. The molecule has 0 fully saturated rings. The molecule has 0 aliphatic heterocycles. The second kappa shape index (κ2) is 5.44. The smallest absolute Gasteiger partial charge is 0.0944 e. The number of para-hydroxylation sites is 1. The third-order valence-electron chi connectivity index (χ3n) is 3.10. The van der Waals surface area contributed by atoms with Crippen molar-refractivity contribution in [2.45, 2.75) is 12.5 Å². The first-order valence-electron chi connectivity index (χ1n) is 6.06. The highest BCUT2D eigenvalue weighted by atomic mass is 32.1. The van der Waals surface area contributed by atoms with Crippen molar-refractivity contribution >= 4 is 22.2 Å². The zero-order valence-electron chi connectivity index (χ0n) is 10.3. The Morgan fingerprint density at radius 3 is 2.84 bits per heavy atom. The molecule has 96 valence electrons. The van der Waals surface area contributed by atoms with Crippen LogP contribution in [0.3, 0.4) is 0 Å². The molecule has 4 nitrogen and oxygen atoms in total. The molecule has 0 saturated heterocycles. The van der Waals surface area contributed by atoms with Gasteiger partial charge in [0, 0.05) is 29.6 Å². The van der Waals surface area contributed by atoms with Gasteiger partial charge in [-0.2, -0.15) is 0 Å². The molecule has 1 aromatic carbocycles. The Bertz CT molecular complexity index is 661. The molecule has 1 unspecified atom stereocenters. The zero-order chi connectivity index (χ0) is 13.1. The fourth-order valence-corrected chi connectivity index (χ4v) is 2.86. The number of nitrogens with one attached hydrogen (secondary N) is 1. The SMILES string of the molecule is NNC(Cc1nccs1)c1cccc2cccnc12. The number of hydrogen-bond acceptors (Lipinski definition) is 5. The lowest BCUT2D eigenvalue weighted by Crippen LogP contribution is -2.29. The van der Waals surface area contributed by atoms with Gasteiger partial charge in [0.15, 0.2) is 0 Å². The first-order chi connectivity index (χ1) is 9.38. The van der Waals surface area contributed by atoms with Crippen LogP contribution in [-0.2, 0) is 6.42 Å². The molecule has 2 heterocycles. The van der Waals surface area contributed by atoms with Crippen molar-refractivity contribution in [2.75, 3.05) is 0 Å². The molecule has 0 aliphatic carbocycles. The van der Waals surface area contributed by atoms with Crippen LogP contribution in [0, 0.1) is 0 Å². The molecule has 0 saturated carbocycles. The molecular formula is C14H14N4S. The monoisotopic (exact) mass is 270 g/mol. The first kappa shape index (κ1) is 12.2. The molecule has 2 aromatic heterocycles. The van der Waals surface area contributed by atoms with Gasteiger partial charge in [0.25, 0.3) is 0 Å². The van der Waals surface area contributed by atoms with Gasteiger partial charge in [-0.3, -0.25) is 16.3 Å². The maximum Gasteiger partial charge on any atom is 0.0944 e. The van der Waals surface area contributed by atoms with Gasteiger partial charge in [-0.25, -0.2) is 4.98 Å². The lowest BCUT2D eigenvalue weighted by Gasteiger charge is -2.16. The van der Waals surface area contributed by atoms with Gasteiger partial charge in [-0.1, -0.05) is 24.3 Å². The van der Waals surface area contributed by atoms with E-state index < -0.39 is 0 Å². The van der Waals surface area contributed by atoms with E-state index in [1.165, 1.54) is 0 Å². The first-order valence-corrected chi connectivity index (χ1v) is 6.94. The van der Waals surface area contributed by atoms with Crippen LogP contribution in [0.5, 0.6) is 0 Å². The summed E-state index contributed by atoms with van der Waals surface area (Å²) in [5.74, 6) is 5.71. The summed E-state index contributed by atoms with van der Waals surface area (Å²) in [6.45, 7) is 0. The molecular weight excluding hydrogens is 256 g/mol. The van der Waals surface area contributed by atoms with Crippen LogP contribution in [0.4, 0.5) is 0 Å². The number of rotatable bonds is 4. The Morgan fingerprint density at radius 1 is 1.16 bits per heavy atom. The van der Waals surface area contributed by atoms with Crippen molar-refractivity contribution in [3.63, 3.8) is 0 Å². The number of hydrazine groups is 1. The molecule has 3 rings (SSSR count). The lowest BCUT2D eigenvalue weighted by atomic mass is 10.0. The summed E-state index contributed by atoms with van der Waals surface area (Å²) < 4.78 is 0. The summed E-state index contributed by atoms with van der Waals surface area (Å²) in [5.41, 5.74) is 4.97. The number of thiazole rings is 1. The highest BCUT2D eigenvalue weighted by Crippen LogP contribution is 2.25. The number of fused-ring (bicyclic) bond motifs is 1. The second-order valence-corrected chi connectivity index (χ2v) is 5.25. The summed E-state index contributed by atoms with van der Waals surface area (Å²) in [6, 6.07) is 10.2. The van der Waals surface area contributed by atoms with Crippen molar-refractivity contribution in [1.29, 1.82) is 0 Å². The standard InChI is InChI=1S/C14H14N4S/c15-18-12(9-13-16-7-8-19-13)11-5-1-3-10-4-2-6-17-14(10)11/h1-8,12,18H,9,15H2. The van der Waals surface area contributed by atoms with Gasteiger partial charge in [0.2, 0.25) is 0 Å². The van der Waals surface area contributed by atoms with Gasteiger partial charge in [0.1, 0.15) is 0 Å². The number of benzene rings is 1. The van der Waals surface area contributed by atoms with Crippen LogP contribution < -0.4 is 11.3 Å². The Kier molecular flexibility index (Phi) is 3.50. The normalized spacial score (nSPS) is 12.7. The minimum atomic E-state index is 0.0183. The maximum atomic E-state index is 5.71. The Labute approximate surface area is 115 Å². The van der Waals surface area contributed by atoms with Crippen molar-refractivity contribution in [2.24, 2.45) is 5.84 Å². The molecule has 3 aromatic rings. The molecule has 19 heavy (non-hydrogen) atoms. The number of pyridine rings is 1. The Balaban J connectivity index is 2.01. The van der Waals surface area contributed by atoms with Crippen LogP contribution in [0.1, 0.15) is 16.6 Å². The molecule has 1 atom stereocenters. The van der Waals surface area contributed by atoms with E-state index in [1.807, 2.05) is 29.9 Å². The van der Waals surface area contributed by atoms with E-state index in [2.05, 4.69) is 33.6 Å². The highest BCUT2D eigenvalue weighted by Gasteiger charge is 2.15. The summed E-state index contributed by atoms with van der Waals surface area (Å²) in [5, 5.41) is 4.17. The predicted octanol–water partition coefficient (Wildman–Crippen LogP) is 2.44.